The van der Waals surface area contributed by atoms with Crippen molar-refractivity contribution in [1.82, 2.24) is 0 Å². The second-order valence-corrected chi connectivity index (χ2v) is 11.0. The fraction of sp³-hybridized carbons (Fsp3) is 0.296. The highest BCUT2D eigenvalue weighted by Crippen LogP contribution is 2.57. The number of halogens is 1. The Kier molecular flexibility index (Phi) is 5.21. The highest BCUT2D eigenvalue weighted by molar-refractivity contribution is 9.10. The van der Waals surface area contributed by atoms with Crippen molar-refractivity contribution in [2.45, 2.75) is 39.0 Å². The first kappa shape index (κ1) is 23.4. The van der Waals surface area contributed by atoms with Crippen LogP contribution < -0.4 is 16.0 Å². The molecule has 1 aliphatic carbocycles. The van der Waals surface area contributed by atoms with Crippen molar-refractivity contribution >= 4 is 45.0 Å². The summed E-state index contributed by atoms with van der Waals surface area (Å²) in [5, 5.41) is 2.89. The Morgan fingerprint density at radius 2 is 1.80 bits per heavy atom. The number of nitrogens with two attached hydrogens (primary N) is 1. The van der Waals surface area contributed by atoms with Crippen LogP contribution in [0.15, 0.2) is 69.6 Å². The van der Waals surface area contributed by atoms with Crippen LogP contribution >= 0.6 is 15.9 Å². The molecule has 2 aromatic carbocycles. The topological polar surface area (TPSA) is 102 Å². The van der Waals surface area contributed by atoms with Crippen molar-refractivity contribution in [3.63, 3.8) is 0 Å². The van der Waals surface area contributed by atoms with Gasteiger partial charge in [0, 0.05) is 39.1 Å². The molecule has 7 nitrogen and oxygen atoms in total. The van der Waals surface area contributed by atoms with Gasteiger partial charge in [0.05, 0.1) is 7.11 Å². The summed E-state index contributed by atoms with van der Waals surface area (Å²) >= 11 is 3.49. The summed E-state index contributed by atoms with van der Waals surface area (Å²) in [5.41, 5.74) is 8.37. The van der Waals surface area contributed by atoms with Gasteiger partial charge in [-0.2, -0.15) is 0 Å². The number of benzene rings is 2. The summed E-state index contributed by atoms with van der Waals surface area (Å²) in [4.78, 5) is 43.0. The third kappa shape index (κ3) is 3.26. The minimum Gasteiger partial charge on any atom is -0.466 e. The number of rotatable bonds is 2. The smallest absolute Gasteiger partial charge is 0.339 e. The summed E-state index contributed by atoms with van der Waals surface area (Å²) < 4.78 is 5.88. The molecule has 3 N–H and O–H groups in total. The molecule has 1 spiro atoms. The van der Waals surface area contributed by atoms with Crippen LogP contribution in [0.3, 0.4) is 0 Å². The number of esters is 1. The SMILES string of the molecule is COC(=O)C1=C(N)N(c2ccc(C)cc2)C2=C(C(=O)CC(C)(C)C2)C12C(=O)Nc1ccc(Br)cc12. The molecule has 1 atom stereocenters. The molecule has 35 heavy (non-hydrogen) atoms. The average molecular weight is 536 g/mol. The maximum Gasteiger partial charge on any atom is 0.339 e. The summed E-state index contributed by atoms with van der Waals surface area (Å²) in [6, 6.07) is 13.0. The minimum absolute atomic E-state index is 0.0540. The van der Waals surface area contributed by atoms with Gasteiger partial charge in [0.2, 0.25) is 5.91 Å². The number of allylic oxidation sites excluding steroid dienone is 1. The van der Waals surface area contributed by atoms with E-state index in [2.05, 4.69) is 21.2 Å². The molecule has 2 aromatic rings. The average Bonchev–Trinajstić information content (AvgIpc) is 3.05. The molecule has 0 aromatic heterocycles. The summed E-state index contributed by atoms with van der Waals surface area (Å²) in [6.07, 6.45) is 0.732. The van der Waals surface area contributed by atoms with E-state index in [1.165, 1.54) is 7.11 Å². The number of ketones is 1. The molecule has 0 fully saturated rings. The largest absolute Gasteiger partial charge is 0.466 e. The Morgan fingerprint density at radius 1 is 1.11 bits per heavy atom. The standard InChI is InChI=1S/C27H26BrN3O4/c1-14-5-8-16(9-6-14)31-19-12-26(2,3)13-20(32)21(19)27(22(23(31)29)24(33)35-4)17-11-15(28)7-10-18(17)30-25(27)34/h5-11H,12-13,29H2,1-4H3,(H,30,34). The summed E-state index contributed by atoms with van der Waals surface area (Å²) in [6.45, 7) is 6.01. The van der Waals surface area contributed by atoms with Crippen LogP contribution in [-0.4, -0.2) is 24.8 Å². The van der Waals surface area contributed by atoms with Crippen LogP contribution in [0.5, 0.6) is 0 Å². The molecule has 180 valence electrons. The van der Waals surface area contributed by atoms with Gasteiger partial charge in [0.15, 0.2) is 5.78 Å². The number of methoxy groups -OCH3 is 1. The van der Waals surface area contributed by atoms with E-state index in [1.807, 2.05) is 45.0 Å². The lowest BCUT2D eigenvalue weighted by molar-refractivity contribution is -0.138. The maximum absolute atomic E-state index is 13.9. The molecule has 0 saturated carbocycles. The second-order valence-electron chi connectivity index (χ2n) is 10.1. The number of hydrogen-bond acceptors (Lipinski definition) is 6. The van der Waals surface area contributed by atoms with Crippen molar-refractivity contribution in [2.75, 3.05) is 17.3 Å². The molecule has 1 amide bonds. The van der Waals surface area contributed by atoms with Crippen molar-refractivity contribution < 1.29 is 19.1 Å². The van der Waals surface area contributed by atoms with Crippen LogP contribution in [0.2, 0.25) is 0 Å². The fourth-order valence-electron chi connectivity index (χ4n) is 5.60. The number of amides is 1. The molecule has 5 rings (SSSR count). The lowest BCUT2D eigenvalue weighted by Gasteiger charge is -2.47. The van der Waals surface area contributed by atoms with E-state index >= 15 is 0 Å². The molecule has 1 unspecified atom stereocenters. The third-order valence-corrected chi connectivity index (χ3v) is 7.52. The number of carbonyl (C=O) groups excluding carboxylic acids is 3. The zero-order valence-electron chi connectivity index (χ0n) is 20.0. The zero-order valence-corrected chi connectivity index (χ0v) is 21.6. The number of aryl methyl sites for hydroxylation is 1. The van der Waals surface area contributed by atoms with E-state index in [0.717, 1.165) is 5.56 Å². The monoisotopic (exact) mass is 535 g/mol. The highest BCUT2D eigenvalue weighted by Gasteiger charge is 2.63. The molecule has 2 heterocycles. The highest BCUT2D eigenvalue weighted by atomic mass is 79.9. The van der Waals surface area contributed by atoms with Crippen LogP contribution in [0, 0.1) is 12.3 Å². The quantitative estimate of drug-likeness (QED) is 0.550. The van der Waals surface area contributed by atoms with Gasteiger partial charge in [-0.25, -0.2) is 4.79 Å². The van der Waals surface area contributed by atoms with Gasteiger partial charge in [-0.15, -0.1) is 0 Å². The van der Waals surface area contributed by atoms with E-state index < -0.39 is 17.3 Å². The molecular weight excluding hydrogens is 510 g/mol. The third-order valence-electron chi connectivity index (χ3n) is 7.03. The number of fused-ring (bicyclic) bond motifs is 3. The number of ether oxygens (including phenoxy) is 1. The van der Waals surface area contributed by atoms with Gasteiger partial charge in [-0.1, -0.05) is 47.5 Å². The number of hydrogen-bond donors (Lipinski definition) is 2. The van der Waals surface area contributed by atoms with Crippen molar-refractivity contribution in [3.8, 4) is 0 Å². The van der Waals surface area contributed by atoms with Crippen molar-refractivity contribution in [2.24, 2.45) is 11.1 Å². The van der Waals surface area contributed by atoms with E-state index in [4.69, 9.17) is 10.5 Å². The van der Waals surface area contributed by atoms with Gasteiger partial charge in [0.1, 0.15) is 16.8 Å². The van der Waals surface area contributed by atoms with E-state index in [1.54, 1.807) is 23.1 Å². The Labute approximate surface area is 212 Å². The van der Waals surface area contributed by atoms with E-state index in [9.17, 15) is 14.4 Å². The summed E-state index contributed by atoms with van der Waals surface area (Å²) in [5.74, 6) is -1.36. The predicted octanol–water partition coefficient (Wildman–Crippen LogP) is 4.45. The number of anilines is 2. The van der Waals surface area contributed by atoms with Gasteiger partial charge < -0.3 is 15.8 Å². The molecule has 0 saturated heterocycles. The molecule has 0 radical (unpaired) electrons. The Balaban J connectivity index is 1.93. The van der Waals surface area contributed by atoms with Crippen LogP contribution in [0.25, 0.3) is 0 Å². The van der Waals surface area contributed by atoms with Crippen molar-refractivity contribution in [3.05, 3.63) is 80.7 Å². The maximum atomic E-state index is 13.9. The minimum atomic E-state index is -1.71. The number of nitrogens with one attached hydrogen (secondary N) is 1. The molecule has 8 heteroatoms. The van der Waals surface area contributed by atoms with Gasteiger partial charge in [-0.3, -0.25) is 14.5 Å². The molecule has 2 aliphatic heterocycles. The van der Waals surface area contributed by atoms with Crippen LogP contribution in [0.4, 0.5) is 11.4 Å². The second kappa shape index (κ2) is 7.81. The van der Waals surface area contributed by atoms with E-state index in [0.29, 0.717) is 33.5 Å². The van der Waals surface area contributed by atoms with E-state index in [-0.39, 0.29) is 34.6 Å². The first-order valence-electron chi connectivity index (χ1n) is 11.3. The van der Waals surface area contributed by atoms with Gasteiger partial charge in [-0.05, 0) is 49.1 Å². The number of Topliss-reactive ketones (excluding diaryl/α,β-unsaturated/α-hetero) is 1. The van der Waals surface area contributed by atoms with Crippen molar-refractivity contribution in [1.29, 1.82) is 0 Å². The Morgan fingerprint density at radius 3 is 2.46 bits per heavy atom. The number of nitrogens with zero attached hydrogens (tertiary/aromatic N) is 1. The van der Waals surface area contributed by atoms with Gasteiger partial charge in [0.25, 0.3) is 0 Å². The molecular formula is C27H26BrN3O4. The lowest BCUT2D eigenvalue weighted by atomic mass is 9.60. The zero-order chi connectivity index (χ0) is 25.3. The first-order chi connectivity index (χ1) is 16.5. The first-order valence-corrected chi connectivity index (χ1v) is 12.1. The van der Waals surface area contributed by atoms with Gasteiger partial charge >= 0.3 is 5.97 Å². The Hall–Kier alpha value is -3.39. The fourth-order valence-corrected chi connectivity index (χ4v) is 5.96. The Bertz CT molecular complexity index is 1370. The van der Waals surface area contributed by atoms with Crippen LogP contribution in [-0.2, 0) is 24.5 Å². The normalized spacial score (nSPS) is 22.8. The summed E-state index contributed by atoms with van der Waals surface area (Å²) in [7, 11) is 1.25. The number of carbonyl (C=O) groups is 3. The molecule has 3 aliphatic rings. The lowest BCUT2D eigenvalue weighted by Crippen LogP contribution is -2.54. The molecule has 0 bridgehead atoms. The van der Waals surface area contributed by atoms with Crippen LogP contribution in [0.1, 0.15) is 37.8 Å². The predicted molar refractivity (Wildman–Crippen MR) is 136 cm³/mol.